The third kappa shape index (κ3) is 7.76. The van der Waals surface area contributed by atoms with Crippen LogP contribution in [0.3, 0.4) is 0 Å². The molecule has 0 bridgehead atoms. The van der Waals surface area contributed by atoms with Crippen LogP contribution in [0.5, 0.6) is 11.5 Å². The maximum Gasteiger partial charge on any atom is 0.122 e. The fourth-order valence-corrected chi connectivity index (χ4v) is 3.35. The largest absolute Gasteiger partial charge is 0.507 e. The van der Waals surface area contributed by atoms with Gasteiger partial charge in [-0.2, -0.15) is 0 Å². The Kier molecular flexibility index (Phi) is 12.7. The Balaban J connectivity index is 0. The molecule has 166 valence electrons. The molecule has 2 N–H and O–H groups in total. The highest BCUT2D eigenvalue weighted by molar-refractivity contribution is 5.53. The fourth-order valence-electron chi connectivity index (χ4n) is 3.35. The first-order valence-electron chi connectivity index (χ1n) is 10.1. The zero-order valence-corrected chi connectivity index (χ0v) is 18.6. The standard InChI is InChI=1S/C20H26O2.C5H12.2CH4/c1-11(2)18(16-9-12(3)7-14(5)19(16)21)17-10-13(4)8-15(6)20(17)22;1-4-5(2)3;;/h7-11,18,21-22H,1-6H3;5H,4H2,1-3H3;2*1H4. The lowest BCUT2D eigenvalue weighted by atomic mass is 9.79. The summed E-state index contributed by atoms with van der Waals surface area (Å²) < 4.78 is 0. The number of phenols is 2. The highest BCUT2D eigenvalue weighted by atomic mass is 16.3. The van der Waals surface area contributed by atoms with Gasteiger partial charge in [0.1, 0.15) is 11.5 Å². The summed E-state index contributed by atoms with van der Waals surface area (Å²) in [5, 5.41) is 21.1. The molecule has 0 unspecified atom stereocenters. The molecular weight excluding hydrogens is 356 g/mol. The number of aryl methyl sites for hydroxylation is 4. The topological polar surface area (TPSA) is 40.5 Å². The summed E-state index contributed by atoms with van der Waals surface area (Å²) in [5.74, 6) is 1.79. The van der Waals surface area contributed by atoms with Gasteiger partial charge >= 0.3 is 0 Å². The molecule has 2 heteroatoms. The van der Waals surface area contributed by atoms with Crippen molar-refractivity contribution in [2.45, 2.75) is 89.5 Å². The molecule has 0 heterocycles. The SMILES string of the molecule is C.C.CCC(C)C.Cc1cc(C)c(O)c(C(c2cc(C)cc(C)c2O)C(C)C)c1. The van der Waals surface area contributed by atoms with Crippen LogP contribution in [0.1, 0.15) is 95.2 Å². The van der Waals surface area contributed by atoms with Crippen LogP contribution >= 0.6 is 0 Å². The first-order chi connectivity index (χ1) is 12.5. The van der Waals surface area contributed by atoms with Crippen LogP contribution in [0, 0.1) is 39.5 Å². The first-order valence-corrected chi connectivity index (χ1v) is 10.1. The van der Waals surface area contributed by atoms with Gasteiger partial charge in [0.25, 0.3) is 0 Å². The summed E-state index contributed by atoms with van der Waals surface area (Å²) in [5.41, 5.74) is 5.80. The number of benzene rings is 2. The summed E-state index contributed by atoms with van der Waals surface area (Å²) in [6, 6.07) is 8.03. The second-order valence-corrected chi connectivity index (χ2v) is 8.56. The molecule has 0 atom stereocenters. The van der Waals surface area contributed by atoms with Gasteiger partial charge in [-0.1, -0.05) is 91.3 Å². The Labute approximate surface area is 181 Å². The molecule has 0 amide bonds. The molecule has 2 aromatic carbocycles. The van der Waals surface area contributed by atoms with E-state index >= 15 is 0 Å². The monoisotopic (exact) mass is 402 g/mol. The molecule has 0 aliphatic rings. The van der Waals surface area contributed by atoms with Gasteiger partial charge in [0.2, 0.25) is 0 Å². The third-order valence-electron chi connectivity index (χ3n) is 5.10. The zero-order chi connectivity index (χ0) is 20.9. The van der Waals surface area contributed by atoms with E-state index in [0.29, 0.717) is 11.5 Å². The minimum atomic E-state index is -0.0304. The van der Waals surface area contributed by atoms with Crippen LogP contribution in [-0.4, -0.2) is 10.2 Å². The van der Waals surface area contributed by atoms with E-state index < -0.39 is 0 Å². The quantitative estimate of drug-likeness (QED) is 0.538. The molecule has 0 fully saturated rings. The average molecular weight is 403 g/mol. The van der Waals surface area contributed by atoms with Crippen molar-refractivity contribution in [2.24, 2.45) is 11.8 Å². The number of hydrogen-bond acceptors (Lipinski definition) is 2. The van der Waals surface area contributed by atoms with E-state index in [1.54, 1.807) is 0 Å². The fraction of sp³-hybridized carbons (Fsp3) is 0.556. The molecule has 0 aromatic heterocycles. The van der Waals surface area contributed by atoms with Crippen molar-refractivity contribution in [3.8, 4) is 11.5 Å². The second-order valence-electron chi connectivity index (χ2n) is 8.56. The van der Waals surface area contributed by atoms with Crippen molar-refractivity contribution >= 4 is 0 Å². The van der Waals surface area contributed by atoms with E-state index in [9.17, 15) is 10.2 Å². The molecule has 0 aliphatic heterocycles. The van der Waals surface area contributed by atoms with Gasteiger partial charge in [-0.15, -0.1) is 0 Å². The van der Waals surface area contributed by atoms with Gasteiger partial charge in [-0.3, -0.25) is 0 Å². The van der Waals surface area contributed by atoms with Gasteiger partial charge in [0.05, 0.1) is 0 Å². The van der Waals surface area contributed by atoms with Crippen LogP contribution in [0.25, 0.3) is 0 Å². The smallest absolute Gasteiger partial charge is 0.122 e. The van der Waals surface area contributed by atoms with Gasteiger partial charge in [0.15, 0.2) is 0 Å². The number of hydrogen-bond donors (Lipinski definition) is 2. The van der Waals surface area contributed by atoms with Gasteiger partial charge in [-0.25, -0.2) is 0 Å². The predicted octanol–water partition coefficient (Wildman–Crippen LogP) is 8.44. The molecule has 0 aliphatic carbocycles. The van der Waals surface area contributed by atoms with E-state index in [1.165, 1.54) is 6.42 Å². The van der Waals surface area contributed by atoms with Gasteiger partial charge in [0, 0.05) is 17.0 Å². The molecule has 2 nitrogen and oxygen atoms in total. The number of rotatable bonds is 4. The summed E-state index contributed by atoms with van der Waals surface area (Å²) in [7, 11) is 0. The van der Waals surface area contributed by atoms with Crippen molar-refractivity contribution in [2.75, 3.05) is 0 Å². The van der Waals surface area contributed by atoms with Crippen LogP contribution in [0.4, 0.5) is 0 Å². The van der Waals surface area contributed by atoms with Gasteiger partial charge < -0.3 is 10.2 Å². The van der Waals surface area contributed by atoms with E-state index in [1.807, 2.05) is 52.0 Å². The summed E-state index contributed by atoms with van der Waals surface area (Å²) in [6.07, 6.45) is 1.31. The Morgan fingerprint density at radius 3 is 1.24 bits per heavy atom. The zero-order valence-electron chi connectivity index (χ0n) is 18.6. The minimum absolute atomic E-state index is 0. The summed E-state index contributed by atoms with van der Waals surface area (Å²) in [6.45, 7) is 18.8. The molecule has 29 heavy (non-hydrogen) atoms. The Morgan fingerprint density at radius 1 is 0.690 bits per heavy atom. The Morgan fingerprint density at radius 2 is 1.00 bits per heavy atom. The maximum absolute atomic E-state index is 10.6. The first kappa shape index (κ1) is 29.2. The summed E-state index contributed by atoms with van der Waals surface area (Å²) >= 11 is 0. The highest BCUT2D eigenvalue weighted by Crippen LogP contribution is 2.43. The number of aromatic hydroxyl groups is 2. The average Bonchev–Trinajstić information content (AvgIpc) is 2.56. The predicted molar refractivity (Wildman–Crippen MR) is 130 cm³/mol. The lowest BCUT2D eigenvalue weighted by Gasteiger charge is -2.26. The van der Waals surface area contributed by atoms with E-state index in [0.717, 1.165) is 39.3 Å². The molecular formula is C27H46O2. The molecule has 0 spiro atoms. The van der Waals surface area contributed by atoms with Crippen LogP contribution in [0.15, 0.2) is 24.3 Å². The summed E-state index contributed by atoms with van der Waals surface area (Å²) in [4.78, 5) is 0. The lowest BCUT2D eigenvalue weighted by Crippen LogP contribution is -2.11. The Bertz CT molecular complexity index is 700. The van der Waals surface area contributed by atoms with E-state index in [4.69, 9.17) is 0 Å². The van der Waals surface area contributed by atoms with Crippen LogP contribution < -0.4 is 0 Å². The van der Waals surface area contributed by atoms with Crippen LogP contribution in [0.2, 0.25) is 0 Å². The van der Waals surface area contributed by atoms with Crippen molar-refractivity contribution in [1.29, 1.82) is 0 Å². The second kappa shape index (κ2) is 12.6. The van der Waals surface area contributed by atoms with Crippen molar-refractivity contribution in [3.63, 3.8) is 0 Å². The maximum atomic E-state index is 10.6. The highest BCUT2D eigenvalue weighted by Gasteiger charge is 2.25. The molecule has 2 aromatic rings. The minimum Gasteiger partial charge on any atom is -0.507 e. The van der Waals surface area contributed by atoms with Crippen molar-refractivity contribution in [3.05, 3.63) is 57.6 Å². The van der Waals surface area contributed by atoms with Crippen molar-refractivity contribution in [1.82, 2.24) is 0 Å². The normalized spacial score (nSPS) is 10.3. The number of phenolic OH excluding ortho intramolecular Hbond substituents is 2. The van der Waals surface area contributed by atoms with E-state index in [-0.39, 0.29) is 26.7 Å². The molecule has 0 saturated heterocycles. The molecule has 2 rings (SSSR count). The van der Waals surface area contributed by atoms with Crippen molar-refractivity contribution < 1.29 is 10.2 Å². The lowest BCUT2D eigenvalue weighted by molar-refractivity contribution is 0.431. The van der Waals surface area contributed by atoms with Crippen LogP contribution in [-0.2, 0) is 0 Å². The molecule has 0 saturated carbocycles. The van der Waals surface area contributed by atoms with Gasteiger partial charge in [-0.05, 0) is 50.7 Å². The third-order valence-corrected chi connectivity index (χ3v) is 5.10. The van der Waals surface area contributed by atoms with E-state index in [2.05, 4.69) is 34.6 Å². The Hall–Kier alpha value is -1.96. The molecule has 0 radical (unpaired) electrons.